The van der Waals surface area contributed by atoms with Gasteiger partial charge in [0.05, 0.1) is 6.42 Å². The molecule has 0 spiro atoms. The van der Waals surface area contributed by atoms with Gasteiger partial charge in [0.15, 0.2) is 0 Å². The third-order valence-electron chi connectivity index (χ3n) is 4.07. The van der Waals surface area contributed by atoms with Crippen molar-refractivity contribution in [1.82, 2.24) is 4.90 Å². The highest BCUT2D eigenvalue weighted by Crippen LogP contribution is 2.35. The predicted octanol–water partition coefficient (Wildman–Crippen LogP) is 2.98. The van der Waals surface area contributed by atoms with Crippen molar-refractivity contribution in [3.8, 4) is 0 Å². The summed E-state index contributed by atoms with van der Waals surface area (Å²) in [5.74, 6) is -1.09. The number of aliphatic carboxylic acids is 1. The van der Waals surface area contributed by atoms with Crippen LogP contribution in [0.2, 0.25) is 5.02 Å². The fraction of sp³-hybridized carbons (Fsp3) is 0.500. The monoisotopic (exact) mass is 309 g/mol. The van der Waals surface area contributed by atoms with E-state index in [0.717, 1.165) is 18.4 Å². The lowest BCUT2D eigenvalue weighted by atomic mass is 9.76. The van der Waals surface area contributed by atoms with Crippen LogP contribution in [0, 0.1) is 5.41 Å². The second-order valence-corrected chi connectivity index (χ2v) is 6.66. The van der Waals surface area contributed by atoms with Crippen molar-refractivity contribution in [2.24, 2.45) is 5.41 Å². The molecule has 114 valence electrons. The molecule has 1 unspecified atom stereocenters. The number of carbonyl (C=O) groups is 2. The van der Waals surface area contributed by atoms with Gasteiger partial charge in [-0.25, -0.2) is 4.79 Å². The van der Waals surface area contributed by atoms with Crippen LogP contribution in [-0.2, 0) is 16.0 Å². The molecule has 1 amide bonds. The zero-order valence-electron chi connectivity index (χ0n) is 12.3. The summed E-state index contributed by atoms with van der Waals surface area (Å²) < 4.78 is 0. The summed E-state index contributed by atoms with van der Waals surface area (Å²) in [4.78, 5) is 25.6. The first-order valence-corrected chi connectivity index (χ1v) is 7.46. The summed E-state index contributed by atoms with van der Waals surface area (Å²) in [5.41, 5.74) is 0.397. The van der Waals surface area contributed by atoms with Crippen molar-refractivity contribution >= 4 is 23.5 Å². The predicted molar refractivity (Wildman–Crippen MR) is 81.3 cm³/mol. The quantitative estimate of drug-likeness (QED) is 0.934. The van der Waals surface area contributed by atoms with E-state index >= 15 is 0 Å². The largest absolute Gasteiger partial charge is 0.480 e. The lowest BCUT2D eigenvalue weighted by molar-refractivity contribution is -0.158. The van der Waals surface area contributed by atoms with Gasteiger partial charge in [-0.1, -0.05) is 37.6 Å². The molecule has 0 radical (unpaired) electrons. The maximum absolute atomic E-state index is 12.5. The van der Waals surface area contributed by atoms with Crippen LogP contribution in [0.1, 0.15) is 32.3 Å². The molecule has 1 aromatic rings. The van der Waals surface area contributed by atoms with E-state index in [1.54, 1.807) is 18.2 Å². The van der Waals surface area contributed by atoms with E-state index < -0.39 is 17.4 Å². The molecule has 21 heavy (non-hydrogen) atoms. The number of rotatable bonds is 3. The van der Waals surface area contributed by atoms with Crippen LogP contribution in [-0.4, -0.2) is 34.5 Å². The van der Waals surface area contributed by atoms with E-state index in [1.807, 2.05) is 19.9 Å². The topological polar surface area (TPSA) is 57.6 Å². The van der Waals surface area contributed by atoms with Crippen molar-refractivity contribution in [3.63, 3.8) is 0 Å². The Morgan fingerprint density at radius 1 is 1.43 bits per heavy atom. The van der Waals surface area contributed by atoms with Crippen molar-refractivity contribution in [3.05, 3.63) is 34.9 Å². The van der Waals surface area contributed by atoms with Crippen molar-refractivity contribution in [1.29, 1.82) is 0 Å². The maximum Gasteiger partial charge on any atom is 0.326 e. The molecule has 0 aromatic heterocycles. The molecule has 1 aromatic carbocycles. The zero-order valence-corrected chi connectivity index (χ0v) is 13.1. The van der Waals surface area contributed by atoms with Gasteiger partial charge in [0, 0.05) is 11.6 Å². The van der Waals surface area contributed by atoms with Gasteiger partial charge in [0.25, 0.3) is 0 Å². The molecule has 1 N–H and O–H groups in total. The number of likely N-dealkylation sites (tertiary alicyclic amines) is 1. The summed E-state index contributed by atoms with van der Waals surface area (Å²) in [6.07, 6.45) is 1.82. The fourth-order valence-corrected chi connectivity index (χ4v) is 3.26. The van der Waals surface area contributed by atoms with Crippen LogP contribution in [0.3, 0.4) is 0 Å². The average Bonchev–Trinajstić information content (AvgIpc) is 2.36. The molecular weight excluding hydrogens is 290 g/mol. The summed E-state index contributed by atoms with van der Waals surface area (Å²) in [7, 11) is 0. The molecule has 1 saturated heterocycles. The van der Waals surface area contributed by atoms with Crippen molar-refractivity contribution in [2.75, 3.05) is 6.54 Å². The highest BCUT2D eigenvalue weighted by molar-refractivity contribution is 6.30. The molecule has 1 heterocycles. The molecule has 0 aliphatic carbocycles. The Morgan fingerprint density at radius 3 is 2.76 bits per heavy atom. The molecule has 1 aliphatic heterocycles. The molecule has 1 fully saturated rings. The molecule has 1 atom stereocenters. The number of halogens is 1. The molecular formula is C16H20ClNO3. The number of hydrogen-bond donors (Lipinski definition) is 1. The van der Waals surface area contributed by atoms with Gasteiger partial charge >= 0.3 is 5.97 Å². The first kappa shape index (κ1) is 15.8. The smallest absolute Gasteiger partial charge is 0.326 e. The Morgan fingerprint density at radius 2 is 2.14 bits per heavy atom. The van der Waals surface area contributed by atoms with Gasteiger partial charge in [-0.2, -0.15) is 0 Å². The zero-order chi connectivity index (χ0) is 15.6. The summed E-state index contributed by atoms with van der Waals surface area (Å²) in [6.45, 7) is 4.31. The molecule has 2 rings (SSSR count). The Kier molecular flexibility index (Phi) is 4.57. The Balaban J connectivity index is 2.18. The van der Waals surface area contributed by atoms with E-state index in [2.05, 4.69) is 0 Å². The first-order valence-electron chi connectivity index (χ1n) is 7.08. The summed E-state index contributed by atoms with van der Waals surface area (Å²) in [5, 5.41) is 10.1. The lowest BCUT2D eigenvalue weighted by Crippen LogP contribution is -2.56. The third-order valence-corrected chi connectivity index (χ3v) is 4.31. The summed E-state index contributed by atoms with van der Waals surface area (Å²) in [6, 6.07) is 6.34. The third kappa shape index (κ3) is 3.56. The molecule has 1 aliphatic rings. The molecule has 0 saturated carbocycles. The number of piperidine rings is 1. The first-order chi connectivity index (χ1) is 9.81. The minimum Gasteiger partial charge on any atom is -0.480 e. The fourth-order valence-electron chi connectivity index (χ4n) is 3.05. The Bertz CT molecular complexity index is 556. The second-order valence-electron chi connectivity index (χ2n) is 6.23. The van der Waals surface area contributed by atoms with E-state index in [0.29, 0.717) is 11.6 Å². The Hall–Kier alpha value is -1.55. The van der Waals surface area contributed by atoms with E-state index in [1.165, 1.54) is 4.90 Å². The SMILES string of the molecule is CC1(C)CCCN(C(=O)Cc2cccc(Cl)c2)C1C(=O)O. The van der Waals surface area contributed by atoms with Crippen molar-refractivity contribution < 1.29 is 14.7 Å². The maximum atomic E-state index is 12.5. The van der Waals surface area contributed by atoms with Gasteiger partial charge < -0.3 is 10.0 Å². The minimum atomic E-state index is -0.931. The average molecular weight is 310 g/mol. The standard InChI is InChI=1S/C16H20ClNO3/c1-16(2)7-4-8-18(14(16)15(20)21)13(19)10-11-5-3-6-12(17)9-11/h3,5-6,9,14H,4,7-8,10H2,1-2H3,(H,20,21). The van der Waals surface area contributed by atoms with Gasteiger partial charge in [-0.3, -0.25) is 4.79 Å². The molecule has 5 heteroatoms. The number of carboxylic acid groups (broad SMARTS) is 1. The van der Waals surface area contributed by atoms with Crippen LogP contribution in [0.25, 0.3) is 0 Å². The van der Waals surface area contributed by atoms with Gasteiger partial charge in [0.1, 0.15) is 6.04 Å². The van der Waals surface area contributed by atoms with Crippen LogP contribution < -0.4 is 0 Å². The van der Waals surface area contributed by atoms with E-state index in [-0.39, 0.29) is 12.3 Å². The summed E-state index contributed by atoms with van der Waals surface area (Å²) >= 11 is 5.92. The second kappa shape index (κ2) is 6.06. The van der Waals surface area contributed by atoms with Crippen LogP contribution in [0.4, 0.5) is 0 Å². The number of carboxylic acids is 1. The van der Waals surface area contributed by atoms with Crippen LogP contribution >= 0.6 is 11.6 Å². The van der Waals surface area contributed by atoms with Gasteiger partial charge in [0.2, 0.25) is 5.91 Å². The molecule has 0 bridgehead atoms. The normalized spacial score (nSPS) is 21.1. The highest BCUT2D eigenvalue weighted by Gasteiger charge is 2.44. The van der Waals surface area contributed by atoms with Crippen LogP contribution in [0.5, 0.6) is 0 Å². The number of hydrogen-bond acceptors (Lipinski definition) is 2. The van der Waals surface area contributed by atoms with Crippen molar-refractivity contribution in [2.45, 2.75) is 39.2 Å². The number of nitrogens with zero attached hydrogens (tertiary/aromatic N) is 1. The Labute approximate surface area is 129 Å². The van der Waals surface area contributed by atoms with Gasteiger partial charge in [-0.05, 0) is 36.0 Å². The van der Waals surface area contributed by atoms with E-state index in [4.69, 9.17) is 11.6 Å². The minimum absolute atomic E-state index is 0.155. The van der Waals surface area contributed by atoms with Crippen LogP contribution in [0.15, 0.2) is 24.3 Å². The van der Waals surface area contributed by atoms with Gasteiger partial charge in [-0.15, -0.1) is 0 Å². The number of carbonyl (C=O) groups excluding carboxylic acids is 1. The lowest BCUT2D eigenvalue weighted by Gasteiger charge is -2.44. The highest BCUT2D eigenvalue weighted by atomic mass is 35.5. The number of amides is 1. The molecule has 4 nitrogen and oxygen atoms in total. The number of benzene rings is 1. The van der Waals surface area contributed by atoms with E-state index in [9.17, 15) is 14.7 Å².